The van der Waals surface area contributed by atoms with E-state index in [4.69, 9.17) is 9.15 Å². The van der Waals surface area contributed by atoms with Gasteiger partial charge in [-0.2, -0.15) is 0 Å². The maximum atomic E-state index is 12.4. The van der Waals surface area contributed by atoms with Crippen molar-refractivity contribution in [2.75, 3.05) is 7.11 Å². The number of amides is 1. The molecule has 0 atom stereocenters. The van der Waals surface area contributed by atoms with E-state index in [1.807, 2.05) is 36.4 Å². The predicted octanol–water partition coefficient (Wildman–Crippen LogP) is 3.92. The van der Waals surface area contributed by atoms with Crippen LogP contribution >= 0.6 is 0 Å². The summed E-state index contributed by atoms with van der Waals surface area (Å²) in [6.07, 6.45) is 3.41. The number of furan rings is 1. The third kappa shape index (κ3) is 2.92. The van der Waals surface area contributed by atoms with Crippen LogP contribution in [0.3, 0.4) is 0 Å². The van der Waals surface area contributed by atoms with Crippen molar-refractivity contribution in [3.05, 3.63) is 72.1 Å². The summed E-state index contributed by atoms with van der Waals surface area (Å²) in [5, 5.41) is 4.89. The minimum absolute atomic E-state index is 0.142. The first-order valence-corrected chi connectivity index (χ1v) is 7.92. The maximum absolute atomic E-state index is 12.4. The lowest BCUT2D eigenvalue weighted by Crippen LogP contribution is -2.22. The second kappa shape index (κ2) is 6.28. The summed E-state index contributed by atoms with van der Waals surface area (Å²) in [6, 6.07) is 15.0. The van der Waals surface area contributed by atoms with E-state index in [0.29, 0.717) is 23.3 Å². The molecule has 0 aliphatic heterocycles. The number of benzene rings is 2. The van der Waals surface area contributed by atoms with Crippen LogP contribution in [0.2, 0.25) is 0 Å². The Balaban J connectivity index is 1.54. The minimum Gasteiger partial charge on any atom is -0.497 e. The molecule has 5 heteroatoms. The van der Waals surface area contributed by atoms with Crippen LogP contribution in [-0.2, 0) is 6.54 Å². The molecule has 1 N–H and O–H groups in total. The second-order valence-corrected chi connectivity index (χ2v) is 5.72. The van der Waals surface area contributed by atoms with Crippen LogP contribution in [0.25, 0.3) is 21.9 Å². The van der Waals surface area contributed by atoms with E-state index in [-0.39, 0.29) is 5.91 Å². The highest BCUT2D eigenvalue weighted by atomic mass is 16.5. The lowest BCUT2D eigenvalue weighted by molar-refractivity contribution is 0.0951. The minimum atomic E-state index is -0.142. The number of fused-ring (bicyclic) bond motifs is 3. The topological polar surface area (TPSA) is 64.4 Å². The fraction of sp³-hybridized carbons (Fsp3) is 0.100. The molecular weight excluding hydrogens is 316 g/mol. The molecule has 4 rings (SSSR count). The van der Waals surface area contributed by atoms with Gasteiger partial charge in [0.05, 0.1) is 13.3 Å². The number of rotatable bonds is 4. The first kappa shape index (κ1) is 15.2. The largest absolute Gasteiger partial charge is 0.497 e. The van der Waals surface area contributed by atoms with Gasteiger partial charge in [0.25, 0.3) is 5.91 Å². The summed E-state index contributed by atoms with van der Waals surface area (Å²) >= 11 is 0. The van der Waals surface area contributed by atoms with Gasteiger partial charge in [0.2, 0.25) is 0 Å². The molecule has 0 bridgehead atoms. The van der Waals surface area contributed by atoms with Crippen molar-refractivity contribution in [1.29, 1.82) is 0 Å². The van der Waals surface area contributed by atoms with E-state index in [1.54, 1.807) is 31.6 Å². The van der Waals surface area contributed by atoms with Gasteiger partial charge in [-0.15, -0.1) is 0 Å². The van der Waals surface area contributed by atoms with E-state index in [1.165, 1.54) is 0 Å². The van der Waals surface area contributed by atoms with Crippen LogP contribution in [0.1, 0.15) is 15.9 Å². The number of hydrogen-bond acceptors (Lipinski definition) is 4. The van der Waals surface area contributed by atoms with Gasteiger partial charge in [-0.1, -0.05) is 12.1 Å². The molecule has 25 heavy (non-hydrogen) atoms. The highest BCUT2D eigenvalue weighted by Crippen LogP contribution is 2.28. The van der Waals surface area contributed by atoms with Crippen LogP contribution in [-0.4, -0.2) is 18.0 Å². The normalized spacial score (nSPS) is 10.9. The summed E-state index contributed by atoms with van der Waals surface area (Å²) in [5.41, 5.74) is 2.96. The summed E-state index contributed by atoms with van der Waals surface area (Å²) in [6.45, 7) is 0.449. The Labute approximate surface area is 144 Å². The zero-order valence-electron chi connectivity index (χ0n) is 13.7. The molecule has 0 unspecified atom stereocenters. The Morgan fingerprint density at radius 2 is 1.88 bits per heavy atom. The van der Waals surface area contributed by atoms with Crippen molar-refractivity contribution in [2.45, 2.75) is 6.54 Å². The molecule has 1 amide bonds. The first-order valence-electron chi connectivity index (χ1n) is 7.92. The SMILES string of the molecule is COc1ccc(CNC(=O)c2ccc3c(c2)oc2cnccc23)cc1. The average molecular weight is 332 g/mol. The average Bonchev–Trinajstić information content (AvgIpc) is 3.04. The van der Waals surface area contributed by atoms with Gasteiger partial charge in [-0.05, 0) is 42.0 Å². The quantitative estimate of drug-likeness (QED) is 0.615. The van der Waals surface area contributed by atoms with Gasteiger partial charge in [0.1, 0.15) is 11.3 Å². The van der Waals surface area contributed by atoms with E-state index >= 15 is 0 Å². The number of hydrogen-bond donors (Lipinski definition) is 1. The third-order valence-electron chi connectivity index (χ3n) is 4.15. The molecule has 0 fully saturated rings. The fourth-order valence-corrected chi connectivity index (χ4v) is 2.80. The Kier molecular flexibility index (Phi) is 3.82. The zero-order valence-corrected chi connectivity index (χ0v) is 13.7. The van der Waals surface area contributed by atoms with Crippen LogP contribution < -0.4 is 10.1 Å². The molecule has 2 aromatic carbocycles. The summed E-state index contributed by atoms with van der Waals surface area (Å²) in [7, 11) is 1.63. The lowest BCUT2D eigenvalue weighted by atomic mass is 10.1. The van der Waals surface area contributed by atoms with Crippen molar-refractivity contribution < 1.29 is 13.9 Å². The van der Waals surface area contributed by atoms with Gasteiger partial charge in [-0.25, -0.2) is 0 Å². The first-order chi connectivity index (χ1) is 12.2. The van der Waals surface area contributed by atoms with Crippen molar-refractivity contribution in [1.82, 2.24) is 10.3 Å². The van der Waals surface area contributed by atoms with E-state index < -0.39 is 0 Å². The Morgan fingerprint density at radius 1 is 1.08 bits per heavy atom. The van der Waals surface area contributed by atoms with E-state index in [9.17, 15) is 4.79 Å². The van der Waals surface area contributed by atoms with Crippen molar-refractivity contribution in [3.8, 4) is 5.75 Å². The monoisotopic (exact) mass is 332 g/mol. The van der Waals surface area contributed by atoms with Crippen LogP contribution in [0.15, 0.2) is 65.3 Å². The summed E-state index contributed by atoms with van der Waals surface area (Å²) in [5.74, 6) is 0.649. The number of ether oxygens (including phenoxy) is 1. The molecule has 4 aromatic rings. The molecule has 0 aliphatic rings. The molecule has 5 nitrogen and oxygen atoms in total. The molecule has 0 saturated carbocycles. The van der Waals surface area contributed by atoms with Gasteiger partial charge in [0, 0.05) is 29.1 Å². The third-order valence-corrected chi connectivity index (χ3v) is 4.15. The molecule has 2 heterocycles. The second-order valence-electron chi connectivity index (χ2n) is 5.72. The smallest absolute Gasteiger partial charge is 0.251 e. The molecule has 0 saturated heterocycles. The maximum Gasteiger partial charge on any atom is 0.251 e. The highest BCUT2D eigenvalue weighted by Gasteiger charge is 2.11. The van der Waals surface area contributed by atoms with Gasteiger partial charge in [-0.3, -0.25) is 9.78 Å². The molecule has 0 radical (unpaired) electrons. The number of nitrogens with one attached hydrogen (secondary N) is 1. The number of carbonyl (C=O) groups is 1. The van der Waals surface area contributed by atoms with E-state index in [0.717, 1.165) is 22.1 Å². The van der Waals surface area contributed by atoms with Crippen LogP contribution in [0, 0.1) is 0 Å². The number of aromatic nitrogens is 1. The van der Waals surface area contributed by atoms with Crippen molar-refractivity contribution >= 4 is 27.8 Å². The zero-order chi connectivity index (χ0) is 17.2. The standard InChI is InChI=1S/C20H16N2O3/c1-24-15-5-2-13(3-6-15)11-22-20(23)14-4-7-16-17-8-9-21-12-19(17)25-18(16)10-14/h2-10,12H,11H2,1H3,(H,22,23). The van der Waals surface area contributed by atoms with Crippen LogP contribution in [0.5, 0.6) is 5.75 Å². The Bertz CT molecular complexity index is 1050. The molecule has 2 aromatic heterocycles. The molecule has 0 spiro atoms. The number of carbonyl (C=O) groups excluding carboxylic acids is 1. The summed E-state index contributed by atoms with van der Waals surface area (Å²) < 4.78 is 10.9. The van der Waals surface area contributed by atoms with E-state index in [2.05, 4.69) is 10.3 Å². The van der Waals surface area contributed by atoms with Gasteiger partial charge in [0.15, 0.2) is 5.58 Å². The van der Waals surface area contributed by atoms with Crippen LogP contribution in [0.4, 0.5) is 0 Å². The number of nitrogens with zero attached hydrogens (tertiary/aromatic N) is 1. The number of pyridine rings is 1. The van der Waals surface area contributed by atoms with Gasteiger partial charge < -0.3 is 14.5 Å². The lowest BCUT2D eigenvalue weighted by Gasteiger charge is -2.06. The Hall–Kier alpha value is -3.34. The molecule has 124 valence electrons. The number of methoxy groups -OCH3 is 1. The van der Waals surface area contributed by atoms with Crippen molar-refractivity contribution in [3.63, 3.8) is 0 Å². The predicted molar refractivity (Wildman–Crippen MR) is 95.7 cm³/mol. The molecule has 0 aliphatic carbocycles. The Morgan fingerprint density at radius 3 is 2.68 bits per heavy atom. The fourth-order valence-electron chi connectivity index (χ4n) is 2.80. The highest BCUT2D eigenvalue weighted by molar-refractivity contribution is 6.07. The van der Waals surface area contributed by atoms with Crippen molar-refractivity contribution in [2.24, 2.45) is 0 Å². The summed E-state index contributed by atoms with van der Waals surface area (Å²) in [4.78, 5) is 16.5. The molecular formula is C20H16N2O3. The van der Waals surface area contributed by atoms with Gasteiger partial charge >= 0.3 is 0 Å².